The first-order valence-electron chi connectivity index (χ1n) is 5.06. The Morgan fingerprint density at radius 3 is 2.76 bits per heavy atom. The number of hydrogen-bond acceptors (Lipinski definition) is 4. The van der Waals surface area contributed by atoms with Gasteiger partial charge in [-0.25, -0.2) is 8.42 Å². The van der Waals surface area contributed by atoms with Gasteiger partial charge in [0.2, 0.25) is 9.05 Å². The fraction of sp³-hybridized carbons (Fsp3) is 0.500. The molecule has 1 unspecified atom stereocenters. The van der Waals surface area contributed by atoms with E-state index in [9.17, 15) is 8.42 Å². The van der Waals surface area contributed by atoms with E-state index in [4.69, 9.17) is 15.4 Å². The van der Waals surface area contributed by atoms with E-state index < -0.39 is 9.05 Å². The summed E-state index contributed by atoms with van der Waals surface area (Å²) in [6, 6.07) is 1.77. The van der Waals surface area contributed by atoms with Crippen LogP contribution in [0.15, 0.2) is 22.9 Å². The molecule has 0 aliphatic carbocycles. The average molecular weight is 343 g/mol. The van der Waals surface area contributed by atoms with Crippen molar-refractivity contribution in [3.05, 3.63) is 22.9 Å². The standard InChI is InChI=1S/C10H13BrClNO3S/c1-2-8(7-17(12,14)15)6-16-10-3-9(11)4-13-5-10/h3-5,8H,2,6-7H2,1H3. The Hall–Kier alpha value is -0.330. The van der Waals surface area contributed by atoms with Gasteiger partial charge in [0.1, 0.15) is 5.75 Å². The number of halogens is 2. The molecule has 1 atom stereocenters. The SMILES string of the molecule is CCC(COc1cncc(Br)c1)CS(=O)(=O)Cl. The Bertz CT molecular complexity index is 466. The van der Waals surface area contributed by atoms with E-state index in [0.717, 1.165) is 4.47 Å². The van der Waals surface area contributed by atoms with E-state index in [2.05, 4.69) is 20.9 Å². The monoisotopic (exact) mass is 341 g/mol. The Balaban J connectivity index is 2.53. The molecule has 0 radical (unpaired) electrons. The second-order valence-electron chi connectivity index (χ2n) is 3.63. The predicted octanol–water partition coefficient (Wildman–Crippen LogP) is 2.82. The molecule has 96 valence electrons. The molecule has 4 nitrogen and oxygen atoms in total. The first-order chi connectivity index (χ1) is 7.90. The molecule has 0 amide bonds. The predicted molar refractivity (Wildman–Crippen MR) is 70.9 cm³/mol. The molecule has 0 spiro atoms. The Morgan fingerprint density at radius 2 is 2.24 bits per heavy atom. The van der Waals surface area contributed by atoms with E-state index in [1.165, 1.54) is 0 Å². The van der Waals surface area contributed by atoms with Gasteiger partial charge in [-0.2, -0.15) is 0 Å². The summed E-state index contributed by atoms with van der Waals surface area (Å²) in [7, 11) is 1.73. The van der Waals surface area contributed by atoms with E-state index in [0.29, 0.717) is 18.8 Å². The Morgan fingerprint density at radius 1 is 1.53 bits per heavy atom. The molecule has 17 heavy (non-hydrogen) atoms. The average Bonchev–Trinajstić information content (AvgIpc) is 2.23. The van der Waals surface area contributed by atoms with E-state index in [1.807, 2.05) is 6.92 Å². The molecule has 1 aromatic heterocycles. The van der Waals surface area contributed by atoms with Gasteiger partial charge in [0, 0.05) is 27.3 Å². The van der Waals surface area contributed by atoms with Crippen molar-refractivity contribution in [3.63, 3.8) is 0 Å². The van der Waals surface area contributed by atoms with Crippen LogP contribution in [0.25, 0.3) is 0 Å². The third kappa shape index (κ3) is 6.24. The van der Waals surface area contributed by atoms with Crippen LogP contribution in [0.2, 0.25) is 0 Å². The lowest BCUT2D eigenvalue weighted by Gasteiger charge is -2.14. The van der Waals surface area contributed by atoms with Gasteiger partial charge in [0.05, 0.1) is 18.6 Å². The lowest BCUT2D eigenvalue weighted by molar-refractivity contribution is 0.257. The smallest absolute Gasteiger partial charge is 0.232 e. The Kier molecular flexibility index (Phi) is 5.69. The number of pyridine rings is 1. The molecule has 1 heterocycles. The van der Waals surface area contributed by atoms with Gasteiger partial charge in [0.25, 0.3) is 0 Å². The third-order valence-electron chi connectivity index (χ3n) is 2.18. The van der Waals surface area contributed by atoms with Crippen LogP contribution in [0.1, 0.15) is 13.3 Å². The summed E-state index contributed by atoms with van der Waals surface area (Å²) >= 11 is 3.28. The van der Waals surface area contributed by atoms with Crippen LogP contribution >= 0.6 is 26.6 Å². The topological polar surface area (TPSA) is 56.3 Å². The molecule has 0 fully saturated rings. The van der Waals surface area contributed by atoms with Gasteiger partial charge in [-0.3, -0.25) is 4.98 Å². The first-order valence-corrected chi connectivity index (χ1v) is 8.33. The summed E-state index contributed by atoms with van der Waals surface area (Å²) < 4.78 is 28.2. The quantitative estimate of drug-likeness (QED) is 0.746. The molecule has 0 aliphatic heterocycles. The summed E-state index contributed by atoms with van der Waals surface area (Å²) in [6.07, 6.45) is 3.91. The zero-order valence-electron chi connectivity index (χ0n) is 9.27. The molecule has 0 aromatic carbocycles. The zero-order valence-corrected chi connectivity index (χ0v) is 12.4. The van der Waals surface area contributed by atoms with E-state index >= 15 is 0 Å². The van der Waals surface area contributed by atoms with Gasteiger partial charge < -0.3 is 4.74 Å². The van der Waals surface area contributed by atoms with Crippen molar-refractivity contribution in [2.45, 2.75) is 13.3 Å². The van der Waals surface area contributed by atoms with E-state index in [-0.39, 0.29) is 11.7 Å². The number of nitrogens with zero attached hydrogens (tertiary/aromatic N) is 1. The highest BCUT2D eigenvalue weighted by Crippen LogP contribution is 2.18. The maximum absolute atomic E-state index is 11.0. The van der Waals surface area contributed by atoms with Gasteiger partial charge in [-0.1, -0.05) is 6.92 Å². The molecule has 0 aliphatic rings. The second kappa shape index (κ2) is 6.56. The number of ether oxygens (including phenoxy) is 1. The molecule has 1 rings (SSSR count). The molecule has 0 bridgehead atoms. The fourth-order valence-electron chi connectivity index (χ4n) is 1.25. The van der Waals surface area contributed by atoms with Crippen LogP contribution < -0.4 is 4.74 Å². The van der Waals surface area contributed by atoms with Crippen molar-refractivity contribution in [3.8, 4) is 5.75 Å². The number of hydrogen-bond donors (Lipinski definition) is 0. The minimum Gasteiger partial charge on any atom is -0.492 e. The highest BCUT2D eigenvalue weighted by molar-refractivity contribution is 9.10. The molecular weight excluding hydrogens is 330 g/mol. The van der Waals surface area contributed by atoms with Crippen LogP contribution in [-0.4, -0.2) is 25.8 Å². The molecule has 0 N–H and O–H groups in total. The fourth-order valence-corrected chi connectivity index (χ4v) is 3.02. The Labute approximate surface area is 114 Å². The third-order valence-corrected chi connectivity index (χ3v) is 3.86. The van der Waals surface area contributed by atoms with Crippen LogP contribution in [0, 0.1) is 5.92 Å². The van der Waals surface area contributed by atoms with Gasteiger partial charge in [-0.05, 0) is 28.4 Å². The van der Waals surface area contributed by atoms with Gasteiger partial charge in [0.15, 0.2) is 0 Å². The molecule has 7 heteroatoms. The molecular formula is C10H13BrClNO3S. The number of rotatable bonds is 6. The summed E-state index contributed by atoms with van der Waals surface area (Å²) in [5, 5.41) is 0. The summed E-state index contributed by atoms with van der Waals surface area (Å²) in [4.78, 5) is 3.95. The van der Waals surface area contributed by atoms with Crippen molar-refractivity contribution in [1.82, 2.24) is 4.98 Å². The van der Waals surface area contributed by atoms with Crippen molar-refractivity contribution in [2.75, 3.05) is 12.4 Å². The minimum absolute atomic E-state index is 0.0769. The maximum Gasteiger partial charge on any atom is 0.232 e. The highest BCUT2D eigenvalue weighted by Gasteiger charge is 2.16. The maximum atomic E-state index is 11.0. The van der Waals surface area contributed by atoms with Gasteiger partial charge >= 0.3 is 0 Å². The van der Waals surface area contributed by atoms with Gasteiger partial charge in [-0.15, -0.1) is 0 Å². The number of aromatic nitrogens is 1. The van der Waals surface area contributed by atoms with Crippen LogP contribution in [0.5, 0.6) is 5.75 Å². The van der Waals surface area contributed by atoms with Crippen LogP contribution in [-0.2, 0) is 9.05 Å². The summed E-state index contributed by atoms with van der Waals surface area (Å²) in [5.74, 6) is 0.410. The van der Waals surface area contributed by atoms with Crippen LogP contribution in [0.3, 0.4) is 0 Å². The highest BCUT2D eigenvalue weighted by atomic mass is 79.9. The van der Waals surface area contributed by atoms with Crippen molar-refractivity contribution in [2.24, 2.45) is 5.92 Å². The molecule has 0 saturated heterocycles. The lowest BCUT2D eigenvalue weighted by atomic mass is 10.1. The normalized spacial score (nSPS) is 13.4. The zero-order chi connectivity index (χ0) is 12.9. The minimum atomic E-state index is -3.48. The van der Waals surface area contributed by atoms with Crippen LogP contribution in [0.4, 0.5) is 0 Å². The lowest BCUT2D eigenvalue weighted by Crippen LogP contribution is -2.19. The first kappa shape index (κ1) is 14.7. The van der Waals surface area contributed by atoms with Crippen molar-refractivity contribution in [1.29, 1.82) is 0 Å². The van der Waals surface area contributed by atoms with Crippen molar-refractivity contribution < 1.29 is 13.2 Å². The largest absolute Gasteiger partial charge is 0.492 e. The summed E-state index contributed by atoms with van der Waals surface area (Å²) in [6.45, 7) is 2.20. The van der Waals surface area contributed by atoms with Crippen molar-refractivity contribution >= 4 is 35.7 Å². The second-order valence-corrected chi connectivity index (χ2v) is 7.37. The molecule has 0 saturated carbocycles. The van der Waals surface area contributed by atoms with E-state index in [1.54, 1.807) is 18.5 Å². The molecule has 1 aromatic rings. The summed E-state index contributed by atoms with van der Waals surface area (Å²) in [5.41, 5.74) is 0.